The molecule has 1 fully saturated rings. The highest BCUT2D eigenvalue weighted by Gasteiger charge is 2.41. The van der Waals surface area contributed by atoms with Crippen LogP contribution in [0.3, 0.4) is 0 Å². The molecule has 1 aliphatic rings. The minimum atomic E-state index is -1.06. The Balaban J connectivity index is 1.32. The van der Waals surface area contributed by atoms with Crippen LogP contribution < -0.4 is 5.73 Å². The Bertz CT molecular complexity index is 1580. The van der Waals surface area contributed by atoms with Crippen LogP contribution in [0.4, 0.5) is 10.1 Å². The van der Waals surface area contributed by atoms with Crippen LogP contribution >= 0.6 is 11.3 Å². The topological polar surface area (TPSA) is 150 Å². The highest BCUT2D eigenvalue weighted by molar-refractivity contribution is 7.18. The molecule has 11 nitrogen and oxygen atoms in total. The number of rotatable bonds is 5. The number of thiazole rings is 1. The number of aromatic nitrogens is 7. The summed E-state index contributed by atoms with van der Waals surface area (Å²) in [6.45, 7) is 1.56. The third-order valence-electron chi connectivity index (χ3n) is 6.48. The number of anilines is 1. The molecule has 0 amide bonds. The van der Waals surface area contributed by atoms with Gasteiger partial charge in [0.05, 0.1) is 45.4 Å². The van der Waals surface area contributed by atoms with Gasteiger partial charge in [-0.05, 0) is 37.3 Å². The first-order chi connectivity index (χ1) is 17.9. The van der Waals surface area contributed by atoms with Crippen molar-refractivity contribution >= 4 is 27.2 Å². The van der Waals surface area contributed by atoms with Gasteiger partial charge < -0.3 is 20.7 Å². The van der Waals surface area contributed by atoms with Crippen molar-refractivity contribution in [1.82, 2.24) is 34.7 Å². The lowest BCUT2D eigenvalue weighted by Gasteiger charge is -2.38. The van der Waals surface area contributed by atoms with Crippen LogP contribution in [0.1, 0.15) is 29.4 Å². The summed E-state index contributed by atoms with van der Waals surface area (Å²) in [4.78, 5) is 8.95. The van der Waals surface area contributed by atoms with Crippen LogP contribution in [0.2, 0.25) is 0 Å². The van der Waals surface area contributed by atoms with E-state index in [9.17, 15) is 14.6 Å². The first-order valence-electron chi connectivity index (χ1n) is 11.6. The van der Waals surface area contributed by atoms with Crippen molar-refractivity contribution < 1.29 is 19.3 Å². The fraction of sp³-hybridized carbons (Fsp3) is 0.292. The smallest absolute Gasteiger partial charge is 0.161 e. The summed E-state index contributed by atoms with van der Waals surface area (Å²) in [7, 11) is 0. The number of aliphatic hydroxyl groups is 2. The molecule has 13 heteroatoms. The molecule has 0 saturated carbocycles. The number of aliphatic hydroxyl groups excluding tert-OH is 2. The summed E-state index contributed by atoms with van der Waals surface area (Å²) in [5.74, 6) is -0.0264. The second-order valence-corrected chi connectivity index (χ2v) is 10.1. The predicted molar refractivity (Wildman–Crippen MR) is 133 cm³/mol. The molecule has 3 aromatic heterocycles. The van der Waals surface area contributed by atoms with E-state index in [2.05, 4.69) is 25.4 Å². The number of nitrogens with two attached hydrogens (primary N) is 1. The monoisotopic (exact) mass is 522 g/mol. The lowest BCUT2D eigenvalue weighted by molar-refractivity contribution is -0.161. The predicted octanol–water partition coefficient (Wildman–Crippen LogP) is 2.59. The van der Waals surface area contributed by atoms with E-state index in [0.717, 1.165) is 20.9 Å². The molecular formula is C24H23FN8O3S. The molecule has 1 saturated heterocycles. The van der Waals surface area contributed by atoms with Gasteiger partial charge in [-0.25, -0.2) is 23.7 Å². The highest BCUT2D eigenvalue weighted by atomic mass is 32.1. The number of benzene rings is 2. The molecule has 0 bridgehead atoms. The molecule has 4 atom stereocenters. The van der Waals surface area contributed by atoms with Gasteiger partial charge in [0.2, 0.25) is 0 Å². The number of aryl methyl sites for hydroxylation is 1. The fourth-order valence-corrected chi connectivity index (χ4v) is 5.48. The Morgan fingerprint density at radius 2 is 2.11 bits per heavy atom. The number of nitrogens with zero attached hydrogens (tertiary/aromatic N) is 7. The van der Waals surface area contributed by atoms with Crippen LogP contribution in [0, 0.1) is 12.7 Å². The van der Waals surface area contributed by atoms with E-state index in [0.29, 0.717) is 17.1 Å². The quantitative estimate of drug-likeness (QED) is 0.296. The molecule has 0 radical (unpaired) electrons. The summed E-state index contributed by atoms with van der Waals surface area (Å²) >= 11 is 1.59. The van der Waals surface area contributed by atoms with Crippen molar-refractivity contribution in [2.75, 3.05) is 12.3 Å². The number of halogens is 1. The van der Waals surface area contributed by atoms with Crippen LogP contribution in [0.15, 0.2) is 48.9 Å². The molecule has 1 aliphatic heterocycles. The van der Waals surface area contributed by atoms with Gasteiger partial charge in [0.15, 0.2) is 5.82 Å². The van der Waals surface area contributed by atoms with Gasteiger partial charge in [0.1, 0.15) is 36.2 Å². The van der Waals surface area contributed by atoms with Gasteiger partial charge in [0.25, 0.3) is 0 Å². The Morgan fingerprint density at radius 3 is 2.92 bits per heavy atom. The van der Waals surface area contributed by atoms with E-state index in [1.165, 1.54) is 23.1 Å². The molecule has 6 rings (SSSR count). The summed E-state index contributed by atoms with van der Waals surface area (Å²) in [5, 5.41) is 34.6. The molecule has 2 aromatic carbocycles. The third-order valence-corrected chi connectivity index (χ3v) is 7.42. The van der Waals surface area contributed by atoms with E-state index in [4.69, 9.17) is 10.5 Å². The standard InChI is InChI=1S/C24H23FN8O3S/c1-12-29-17-5-3-14(7-22(17)37-12)33-24(27-11-28-33)20-8-19(23(35)21(10-34)36-20)32-9-18(30-31-32)13-2-4-16(26)15(25)6-13/h2-7,9,11,19-21,23,34-35H,8,10,26H2,1H3/t19-,20-,21-,23-/m1/s1. The molecular weight excluding hydrogens is 499 g/mol. The van der Waals surface area contributed by atoms with Crippen molar-refractivity contribution in [3.05, 3.63) is 65.6 Å². The van der Waals surface area contributed by atoms with Crippen molar-refractivity contribution in [3.8, 4) is 16.9 Å². The number of ether oxygens (including phenoxy) is 1. The first kappa shape index (κ1) is 23.6. The maximum Gasteiger partial charge on any atom is 0.161 e. The lowest BCUT2D eigenvalue weighted by Crippen LogP contribution is -2.45. The summed E-state index contributed by atoms with van der Waals surface area (Å²) in [5.41, 5.74) is 8.25. The van der Waals surface area contributed by atoms with Crippen LogP contribution in [-0.2, 0) is 4.74 Å². The molecule has 0 aliphatic carbocycles. The molecule has 4 heterocycles. The summed E-state index contributed by atoms with van der Waals surface area (Å²) in [6, 6.07) is 9.64. The number of fused-ring (bicyclic) bond motifs is 1. The SMILES string of the molecule is Cc1nc2ccc(-n3ncnc3[C@H]3C[C@@H](n4cc(-c5ccc(N)c(F)c5)nn4)[C@@H](O)[C@@H](CO)O3)cc2s1. The minimum Gasteiger partial charge on any atom is -0.396 e. The molecule has 5 aromatic rings. The molecule has 0 spiro atoms. The maximum absolute atomic E-state index is 14.0. The van der Waals surface area contributed by atoms with Crippen molar-refractivity contribution in [3.63, 3.8) is 0 Å². The molecule has 4 N–H and O–H groups in total. The molecule has 190 valence electrons. The highest BCUT2D eigenvalue weighted by Crippen LogP contribution is 2.38. The van der Waals surface area contributed by atoms with Crippen molar-refractivity contribution in [1.29, 1.82) is 0 Å². The number of nitrogen functional groups attached to an aromatic ring is 1. The van der Waals surface area contributed by atoms with E-state index in [1.54, 1.807) is 28.3 Å². The van der Waals surface area contributed by atoms with Crippen molar-refractivity contribution in [2.45, 2.75) is 37.7 Å². The first-order valence-corrected chi connectivity index (χ1v) is 12.4. The second kappa shape index (κ2) is 9.27. The fourth-order valence-electron chi connectivity index (χ4n) is 4.62. The number of hydrogen-bond acceptors (Lipinski definition) is 10. The van der Waals surface area contributed by atoms with Crippen LogP contribution in [-0.4, -0.2) is 63.8 Å². The zero-order chi connectivity index (χ0) is 25.7. The zero-order valence-electron chi connectivity index (χ0n) is 19.6. The largest absolute Gasteiger partial charge is 0.396 e. The molecule has 37 heavy (non-hydrogen) atoms. The van der Waals surface area contributed by atoms with E-state index in [-0.39, 0.29) is 12.1 Å². The Hall–Kier alpha value is -3.78. The maximum atomic E-state index is 14.0. The van der Waals surface area contributed by atoms with E-state index in [1.807, 2.05) is 25.1 Å². The zero-order valence-corrected chi connectivity index (χ0v) is 20.5. The number of hydrogen-bond donors (Lipinski definition) is 3. The van der Waals surface area contributed by atoms with Gasteiger partial charge in [-0.1, -0.05) is 11.3 Å². The van der Waals surface area contributed by atoms with Gasteiger partial charge in [-0.3, -0.25) is 0 Å². The molecule has 0 unspecified atom stereocenters. The Morgan fingerprint density at radius 1 is 1.24 bits per heavy atom. The normalized spacial score (nSPS) is 22.1. The second-order valence-electron chi connectivity index (χ2n) is 8.87. The van der Waals surface area contributed by atoms with Crippen molar-refractivity contribution in [2.24, 2.45) is 0 Å². The minimum absolute atomic E-state index is 0.0401. The van der Waals surface area contributed by atoms with Gasteiger partial charge in [0, 0.05) is 12.0 Å². The lowest BCUT2D eigenvalue weighted by atomic mass is 9.95. The van der Waals surface area contributed by atoms with E-state index >= 15 is 0 Å². The Labute approximate surface area is 214 Å². The van der Waals surface area contributed by atoms with Gasteiger partial charge in [-0.2, -0.15) is 5.10 Å². The average molecular weight is 523 g/mol. The van der Waals surface area contributed by atoms with E-state index < -0.39 is 36.8 Å². The summed E-state index contributed by atoms with van der Waals surface area (Å²) < 4.78 is 24.3. The van der Waals surface area contributed by atoms with Gasteiger partial charge in [-0.15, -0.1) is 16.4 Å². The van der Waals surface area contributed by atoms with Crippen LogP contribution in [0.25, 0.3) is 27.2 Å². The summed E-state index contributed by atoms with van der Waals surface area (Å²) in [6.07, 6.45) is 0.804. The third kappa shape index (κ3) is 4.25. The van der Waals surface area contributed by atoms with Crippen LogP contribution in [0.5, 0.6) is 0 Å². The van der Waals surface area contributed by atoms with Gasteiger partial charge >= 0.3 is 0 Å². The average Bonchev–Trinajstić information content (AvgIpc) is 3.64. The Kier molecular flexibility index (Phi) is 5.91.